The molecule has 0 aliphatic rings. The molecule has 0 aliphatic carbocycles. The number of benzene rings is 3. The van der Waals surface area contributed by atoms with Crippen molar-refractivity contribution in [3.8, 4) is 0 Å². The van der Waals surface area contributed by atoms with E-state index in [-0.39, 0.29) is 0 Å². The highest BCUT2D eigenvalue weighted by Gasteiger charge is 2.14. The second kappa shape index (κ2) is 5.38. The zero-order chi connectivity index (χ0) is 14.8. The SMILES string of the molecule is NC(=O)c1cccc(C(O)c2cccc3ccccc23)c1. The van der Waals surface area contributed by atoms with Crippen LogP contribution in [-0.4, -0.2) is 11.0 Å². The molecule has 3 nitrogen and oxygen atoms in total. The molecule has 0 radical (unpaired) electrons. The van der Waals surface area contributed by atoms with Crippen molar-refractivity contribution >= 4 is 16.7 Å². The van der Waals surface area contributed by atoms with Gasteiger partial charge < -0.3 is 10.8 Å². The highest BCUT2D eigenvalue weighted by Crippen LogP contribution is 2.29. The van der Waals surface area contributed by atoms with Crippen molar-refractivity contribution in [2.45, 2.75) is 6.10 Å². The van der Waals surface area contributed by atoms with Crippen LogP contribution < -0.4 is 5.73 Å². The Kier molecular flexibility index (Phi) is 3.42. The van der Waals surface area contributed by atoms with E-state index in [9.17, 15) is 9.90 Å². The summed E-state index contributed by atoms with van der Waals surface area (Å²) in [5.41, 5.74) is 7.16. The van der Waals surface area contributed by atoms with E-state index in [2.05, 4.69) is 0 Å². The first-order chi connectivity index (χ1) is 10.2. The molecule has 0 heterocycles. The van der Waals surface area contributed by atoms with Crippen LogP contribution in [0.15, 0.2) is 66.7 Å². The Bertz CT molecular complexity index is 806. The first-order valence-corrected chi connectivity index (χ1v) is 6.72. The van der Waals surface area contributed by atoms with Gasteiger partial charge in [-0.3, -0.25) is 4.79 Å². The van der Waals surface area contributed by atoms with Crippen molar-refractivity contribution in [2.24, 2.45) is 5.73 Å². The van der Waals surface area contributed by atoms with Gasteiger partial charge in [-0.2, -0.15) is 0 Å². The summed E-state index contributed by atoms with van der Waals surface area (Å²) in [5, 5.41) is 12.7. The van der Waals surface area contributed by atoms with E-state index < -0.39 is 12.0 Å². The fraction of sp³-hybridized carbons (Fsp3) is 0.0556. The average Bonchev–Trinajstić information content (AvgIpc) is 2.53. The minimum absolute atomic E-state index is 0.395. The molecular formula is C18H15NO2. The van der Waals surface area contributed by atoms with Gasteiger partial charge in [0.25, 0.3) is 0 Å². The van der Waals surface area contributed by atoms with E-state index in [0.717, 1.165) is 16.3 Å². The molecular weight excluding hydrogens is 262 g/mol. The van der Waals surface area contributed by atoms with Gasteiger partial charge in [0.05, 0.1) is 0 Å². The molecule has 3 rings (SSSR count). The molecule has 3 aromatic rings. The van der Waals surface area contributed by atoms with Gasteiger partial charge >= 0.3 is 0 Å². The van der Waals surface area contributed by atoms with Crippen LogP contribution in [0.2, 0.25) is 0 Å². The summed E-state index contributed by atoms with van der Waals surface area (Å²) in [6.45, 7) is 0. The molecule has 1 unspecified atom stereocenters. The highest BCUT2D eigenvalue weighted by atomic mass is 16.3. The van der Waals surface area contributed by atoms with Gasteiger partial charge in [-0.05, 0) is 34.0 Å². The summed E-state index contributed by atoms with van der Waals surface area (Å²) < 4.78 is 0. The molecule has 3 heteroatoms. The summed E-state index contributed by atoms with van der Waals surface area (Å²) in [5.74, 6) is -0.498. The minimum Gasteiger partial charge on any atom is -0.384 e. The molecule has 0 bridgehead atoms. The van der Waals surface area contributed by atoms with Crippen LogP contribution in [0.25, 0.3) is 10.8 Å². The number of carbonyl (C=O) groups excluding carboxylic acids is 1. The standard InChI is InChI=1S/C18H15NO2/c19-18(21)14-8-3-7-13(11-14)17(20)16-10-4-6-12-5-1-2-9-15(12)16/h1-11,17,20H,(H2,19,21). The number of carbonyl (C=O) groups is 1. The Labute approximate surface area is 122 Å². The molecule has 0 fully saturated rings. The van der Waals surface area contributed by atoms with Crippen molar-refractivity contribution in [1.82, 2.24) is 0 Å². The Balaban J connectivity index is 2.10. The minimum atomic E-state index is -0.796. The second-order valence-corrected chi connectivity index (χ2v) is 4.96. The zero-order valence-electron chi connectivity index (χ0n) is 11.4. The van der Waals surface area contributed by atoms with Gasteiger partial charge in [-0.1, -0.05) is 54.6 Å². The predicted molar refractivity (Wildman–Crippen MR) is 83.0 cm³/mol. The van der Waals surface area contributed by atoms with Gasteiger partial charge in [0.2, 0.25) is 5.91 Å². The number of primary amides is 1. The third-order valence-electron chi connectivity index (χ3n) is 3.60. The molecule has 0 saturated carbocycles. The van der Waals surface area contributed by atoms with Crippen molar-refractivity contribution in [2.75, 3.05) is 0 Å². The van der Waals surface area contributed by atoms with Gasteiger partial charge in [-0.15, -0.1) is 0 Å². The average molecular weight is 277 g/mol. The molecule has 0 aliphatic heterocycles. The molecule has 104 valence electrons. The lowest BCUT2D eigenvalue weighted by Crippen LogP contribution is -2.11. The first-order valence-electron chi connectivity index (χ1n) is 6.72. The van der Waals surface area contributed by atoms with Crippen molar-refractivity contribution < 1.29 is 9.90 Å². The van der Waals surface area contributed by atoms with E-state index in [1.165, 1.54) is 0 Å². The van der Waals surface area contributed by atoms with Crippen LogP contribution in [0.4, 0.5) is 0 Å². The van der Waals surface area contributed by atoms with E-state index in [4.69, 9.17) is 5.73 Å². The van der Waals surface area contributed by atoms with E-state index in [0.29, 0.717) is 11.1 Å². The van der Waals surface area contributed by atoms with Crippen LogP contribution in [0.5, 0.6) is 0 Å². The van der Waals surface area contributed by atoms with Gasteiger partial charge in [-0.25, -0.2) is 0 Å². The molecule has 1 amide bonds. The van der Waals surface area contributed by atoms with Gasteiger partial charge in [0, 0.05) is 5.56 Å². The van der Waals surface area contributed by atoms with Crippen LogP contribution in [0, 0.1) is 0 Å². The number of aliphatic hydroxyl groups is 1. The lowest BCUT2D eigenvalue weighted by Gasteiger charge is -2.15. The van der Waals surface area contributed by atoms with Crippen LogP contribution in [-0.2, 0) is 0 Å². The maximum atomic E-state index is 11.3. The van der Waals surface area contributed by atoms with Crippen molar-refractivity contribution in [1.29, 1.82) is 0 Å². The fourth-order valence-electron chi connectivity index (χ4n) is 2.53. The third-order valence-corrected chi connectivity index (χ3v) is 3.60. The molecule has 0 saturated heterocycles. The summed E-state index contributed by atoms with van der Waals surface area (Å²) >= 11 is 0. The second-order valence-electron chi connectivity index (χ2n) is 4.96. The maximum Gasteiger partial charge on any atom is 0.248 e. The predicted octanol–water partition coefficient (Wildman–Crippen LogP) is 3.02. The third kappa shape index (κ3) is 2.51. The fourth-order valence-corrected chi connectivity index (χ4v) is 2.53. The molecule has 0 spiro atoms. The summed E-state index contributed by atoms with van der Waals surface area (Å²) in [7, 11) is 0. The Morgan fingerprint density at radius 3 is 2.48 bits per heavy atom. The van der Waals surface area contributed by atoms with Gasteiger partial charge in [0.1, 0.15) is 6.10 Å². The topological polar surface area (TPSA) is 63.3 Å². The van der Waals surface area contributed by atoms with E-state index in [1.807, 2.05) is 42.5 Å². The van der Waals surface area contributed by atoms with Gasteiger partial charge in [0.15, 0.2) is 0 Å². The molecule has 0 aromatic heterocycles. The quantitative estimate of drug-likeness (QED) is 0.773. The summed E-state index contributed by atoms with van der Waals surface area (Å²) in [6, 6.07) is 20.5. The Morgan fingerprint density at radius 1 is 0.952 bits per heavy atom. The smallest absolute Gasteiger partial charge is 0.248 e. The van der Waals surface area contributed by atoms with Crippen molar-refractivity contribution in [3.63, 3.8) is 0 Å². The number of amides is 1. The van der Waals surface area contributed by atoms with E-state index in [1.54, 1.807) is 24.3 Å². The lowest BCUT2D eigenvalue weighted by molar-refractivity contribution is 0.1000. The number of rotatable bonds is 3. The largest absolute Gasteiger partial charge is 0.384 e. The van der Waals surface area contributed by atoms with Crippen LogP contribution >= 0.6 is 0 Å². The van der Waals surface area contributed by atoms with E-state index >= 15 is 0 Å². The lowest BCUT2D eigenvalue weighted by atomic mass is 9.95. The first kappa shape index (κ1) is 13.3. The molecule has 21 heavy (non-hydrogen) atoms. The molecule has 1 atom stereocenters. The summed E-state index contributed by atoms with van der Waals surface area (Å²) in [4.78, 5) is 11.3. The number of fused-ring (bicyclic) bond motifs is 1. The Hall–Kier alpha value is -2.65. The number of hydrogen-bond donors (Lipinski definition) is 2. The maximum absolute atomic E-state index is 11.3. The summed E-state index contributed by atoms with van der Waals surface area (Å²) in [6.07, 6.45) is -0.796. The number of nitrogens with two attached hydrogens (primary N) is 1. The number of aliphatic hydroxyl groups excluding tert-OH is 1. The molecule has 3 aromatic carbocycles. The Morgan fingerprint density at radius 2 is 1.67 bits per heavy atom. The zero-order valence-corrected chi connectivity index (χ0v) is 11.4. The van der Waals surface area contributed by atoms with Crippen LogP contribution in [0.3, 0.4) is 0 Å². The normalized spacial score (nSPS) is 12.2. The van der Waals surface area contributed by atoms with Crippen LogP contribution in [0.1, 0.15) is 27.6 Å². The highest BCUT2D eigenvalue weighted by molar-refractivity contribution is 5.93. The monoisotopic (exact) mass is 277 g/mol. The molecule has 3 N–H and O–H groups in total. The van der Waals surface area contributed by atoms with Crippen molar-refractivity contribution in [3.05, 3.63) is 83.4 Å². The number of hydrogen-bond acceptors (Lipinski definition) is 2.